The second-order valence-electron chi connectivity index (χ2n) is 3.76. The van der Waals surface area contributed by atoms with Gasteiger partial charge < -0.3 is 10.1 Å². The highest BCUT2D eigenvalue weighted by Crippen LogP contribution is 2.25. The Morgan fingerprint density at radius 1 is 1.40 bits per heavy atom. The van der Waals surface area contributed by atoms with Gasteiger partial charge in [-0.3, -0.25) is 4.39 Å². The molecule has 0 spiro atoms. The number of halogens is 1. The van der Waals surface area contributed by atoms with Crippen LogP contribution in [0, 0.1) is 0 Å². The summed E-state index contributed by atoms with van der Waals surface area (Å²) < 4.78 is 17.3. The predicted octanol–water partition coefficient (Wildman–Crippen LogP) is 2.07. The highest BCUT2D eigenvalue weighted by molar-refractivity contribution is 5.39. The second-order valence-corrected chi connectivity index (χ2v) is 3.76. The highest BCUT2D eigenvalue weighted by atomic mass is 19.1. The molecular formula is C12H16FNO. The van der Waals surface area contributed by atoms with Crippen molar-refractivity contribution in [1.82, 2.24) is 5.32 Å². The second kappa shape index (κ2) is 5.12. The molecule has 0 aliphatic carbocycles. The van der Waals surface area contributed by atoms with Crippen LogP contribution in [0.5, 0.6) is 5.75 Å². The van der Waals surface area contributed by atoms with Crippen molar-refractivity contribution in [2.75, 3.05) is 19.8 Å². The fourth-order valence-electron chi connectivity index (χ4n) is 1.77. The topological polar surface area (TPSA) is 21.3 Å². The van der Waals surface area contributed by atoms with Crippen molar-refractivity contribution in [1.29, 1.82) is 0 Å². The van der Waals surface area contributed by atoms with Gasteiger partial charge in [0.2, 0.25) is 0 Å². The lowest BCUT2D eigenvalue weighted by molar-refractivity contribution is 0.357. The Bertz CT molecular complexity index is 327. The molecular weight excluding hydrogens is 193 g/mol. The molecule has 1 aliphatic rings. The third kappa shape index (κ3) is 2.69. The van der Waals surface area contributed by atoms with Crippen molar-refractivity contribution in [3.05, 3.63) is 29.3 Å². The van der Waals surface area contributed by atoms with Crippen molar-refractivity contribution in [2.24, 2.45) is 0 Å². The van der Waals surface area contributed by atoms with Crippen LogP contribution in [-0.2, 0) is 13.0 Å². The summed E-state index contributed by atoms with van der Waals surface area (Å²) in [4.78, 5) is 0. The lowest BCUT2D eigenvalue weighted by Crippen LogP contribution is -2.15. The molecule has 0 fully saturated rings. The zero-order valence-electron chi connectivity index (χ0n) is 8.76. The number of benzene rings is 1. The summed E-state index contributed by atoms with van der Waals surface area (Å²) in [5.41, 5.74) is 2.54. The lowest BCUT2D eigenvalue weighted by Gasteiger charge is -2.05. The van der Waals surface area contributed by atoms with Crippen molar-refractivity contribution in [3.63, 3.8) is 0 Å². The van der Waals surface area contributed by atoms with E-state index in [-0.39, 0.29) is 6.67 Å². The smallest absolute Gasteiger partial charge is 0.122 e. The Labute approximate surface area is 89.4 Å². The molecule has 0 saturated heterocycles. The third-order valence-electron chi connectivity index (χ3n) is 2.57. The quantitative estimate of drug-likeness (QED) is 0.750. The van der Waals surface area contributed by atoms with Crippen LogP contribution in [-0.4, -0.2) is 19.8 Å². The van der Waals surface area contributed by atoms with Crippen LogP contribution >= 0.6 is 0 Å². The Morgan fingerprint density at radius 3 is 3.20 bits per heavy atom. The average Bonchev–Trinajstić information content (AvgIpc) is 2.71. The van der Waals surface area contributed by atoms with Crippen molar-refractivity contribution >= 4 is 0 Å². The first-order valence-corrected chi connectivity index (χ1v) is 5.41. The first kappa shape index (κ1) is 10.4. The number of nitrogens with one attached hydrogen (secondary N) is 1. The highest BCUT2D eigenvalue weighted by Gasteiger charge is 2.11. The van der Waals surface area contributed by atoms with Crippen molar-refractivity contribution in [2.45, 2.75) is 19.4 Å². The molecule has 82 valence electrons. The molecule has 0 aromatic heterocycles. The molecule has 2 rings (SSSR count). The molecule has 1 aromatic carbocycles. The maximum Gasteiger partial charge on any atom is 0.122 e. The van der Waals surface area contributed by atoms with E-state index in [0.29, 0.717) is 6.42 Å². The summed E-state index contributed by atoms with van der Waals surface area (Å²) >= 11 is 0. The van der Waals surface area contributed by atoms with E-state index in [0.717, 1.165) is 31.9 Å². The SMILES string of the molecule is FCCCNCc1ccc2c(c1)CCO2. The van der Waals surface area contributed by atoms with Crippen LogP contribution < -0.4 is 10.1 Å². The molecule has 0 bridgehead atoms. The Hall–Kier alpha value is -1.09. The van der Waals surface area contributed by atoms with Gasteiger partial charge in [-0.2, -0.15) is 0 Å². The third-order valence-corrected chi connectivity index (χ3v) is 2.57. The minimum atomic E-state index is -0.245. The number of ether oxygens (including phenoxy) is 1. The van der Waals surface area contributed by atoms with Gasteiger partial charge in [-0.25, -0.2) is 0 Å². The van der Waals surface area contributed by atoms with Crippen LogP contribution in [0.3, 0.4) is 0 Å². The van der Waals surface area contributed by atoms with E-state index in [2.05, 4.69) is 17.4 Å². The molecule has 3 heteroatoms. The summed E-state index contributed by atoms with van der Waals surface area (Å²) in [6.45, 7) is 2.11. The van der Waals surface area contributed by atoms with Crippen molar-refractivity contribution in [3.8, 4) is 5.75 Å². The molecule has 1 aromatic rings. The summed E-state index contributed by atoms with van der Waals surface area (Å²) in [5.74, 6) is 1.02. The number of alkyl halides is 1. The Balaban J connectivity index is 1.87. The summed E-state index contributed by atoms with van der Waals surface area (Å²) in [7, 11) is 0. The minimum Gasteiger partial charge on any atom is -0.493 e. The van der Waals surface area contributed by atoms with Gasteiger partial charge in [0.25, 0.3) is 0 Å². The molecule has 0 radical (unpaired) electrons. The molecule has 1 N–H and O–H groups in total. The normalized spacial score (nSPS) is 13.7. The van der Waals surface area contributed by atoms with Crippen LogP contribution in [0.2, 0.25) is 0 Å². The van der Waals surface area contributed by atoms with Gasteiger partial charge in [0, 0.05) is 13.0 Å². The van der Waals surface area contributed by atoms with E-state index < -0.39 is 0 Å². The zero-order chi connectivity index (χ0) is 10.5. The molecule has 2 nitrogen and oxygen atoms in total. The largest absolute Gasteiger partial charge is 0.493 e. The molecule has 0 amide bonds. The van der Waals surface area contributed by atoms with Gasteiger partial charge in [-0.1, -0.05) is 12.1 Å². The van der Waals surface area contributed by atoms with E-state index >= 15 is 0 Å². The monoisotopic (exact) mass is 209 g/mol. The predicted molar refractivity (Wildman–Crippen MR) is 57.9 cm³/mol. The number of hydrogen-bond acceptors (Lipinski definition) is 2. The van der Waals surface area contributed by atoms with E-state index in [9.17, 15) is 4.39 Å². The van der Waals surface area contributed by atoms with E-state index in [4.69, 9.17) is 4.74 Å². The van der Waals surface area contributed by atoms with Gasteiger partial charge in [0.1, 0.15) is 5.75 Å². The Kier molecular flexibility index (Phi) is 3.56. The first-order chi connectivity index (χ1) is 7.40. The van der Waals surface area contributed by atoms with Crippen molar-refractivity contribution < 1.29 is 9.13 Å². The molecule has 1 heterocycles. The van der Waals surface area contributed by atoms with E-state index in [1.165, 1.54) is 11.1 Å². The minimum absolute atomic E-state index is 0.245. The molecule has 15 heavy (non-hydrogen) atoms. The van der Waals surface area contributed by atoms with Gasteiger partial charge in [0.05, 0.1) is 13.3 Å². The van der Waals surface area contributed by atoms with Crippen LogP contribution in [0.4, 0.5) is 4.39 Å². The van der Waals surface area contributed by atoms with E-state index in [1.54, 1.807) is 0 Å². The van der Waals surface area contributed by atoms with Gasteiger partial charge in [0.15, 0.2) is 0 Å². The van der Waals surface area contributed by atoms with E-state index in [1.807, 2.05) is 6.07 Å². The fraction of sp³-hybridized carbons (Fsp3) is 0.500. The maximum atomic E-state index is 11.8. The van der Waals surface area contributed by atoms with Crippen LogP contribution in [0.25, 0.3) is 0 Å². The van der Waals surface area contributed by atoms with Gasteiger partial charge >= 0.3 is 0 Å². The summed E-state index contributed by atoms with van der Waals surface area (Å²) in [6, 6.07) is 6.26. The molecule has 0 atom stereocenters. The summed E-state index contributed by atoms with van der Waals surface area (Å²) in [5, 5.41) is 3.21. The lowest BCUT2D eigenvalue weighted by atomic mass is 10.1. The Morgan fingerprint density at radius 2 is 2.33 bits per heavy atom. The number of fused-ring (bicyclic) bond motifs is 1. The molecule has 0 saturated carbocycles. The average molecular weight is 209 g/mol. The van der Waals surface area contributed by atoms with Gasteiger partial charge in [-0.05, 0) is 30.2 Å². The fourth-order valence-corrected chi connectivity index (χ4v) is 1.77. The van der Waals surface area contributed by atoms with Crippen LogP contribution in [0.1, 0.15) is 17.5 Å². The summed E-state index contributed by atoms with van der Waals surface area (Å²) in [6.07, 6.45) is 1.60. The van der Waals surface area contributed by atoms with Gasteiger partial charge in [-0.15, -0.1) is 0 Å². The number of rotatable bonds is 5. The number of hydrogen-bond donors (Lipinski definition) is 1. The molecule has 1 aliphatic heterocycles. The molecule has 0 unspecified atom stereocenters. The zero-order valence-corrected chi connectivity index (χ0v) is 8.76. The first-order valence-electron chi connectivity index (χ1n) is 5.41. The standard InChI is InChI=1S/C12H16FNO/c13-5-1-6-14-9-10-2-3-12-11(8-10)4-7-15-12/h2-3,8,14H,1,4-7,9H2. The van der Waals surface area contributed by atoms with Crippen LogP contribution in [0.15, 0.2) is 18.2 Å². The maximum absolute atomic E-state index is 11.8.